The molecule has 3 atom stereocenters. The molecule has 10 heteroatoms. The van der Waals surface area contributed by atoms with Gasteiger partial charge in [-0.3, -0.25) is 24.1 Å². The number of pyridine rings is 1. The molecule has 3 aliphatic heterocycles. The lowest BCUT2D eigenvalue weighted by molar-refractivity contribution is -0.138. The third-order valence-electron chi connectivity index (χ3n) is 7.91. The molecule has 1 amide bonds. The van der Waals surface area contributed by atoms with Gasteiger partial charge in [-0.2, -0.15) is 0 Å². The van der Waals surface area contributed by atoms with Gasteiger partial charge in [0.2, 0.25) is 11.2 Å². The van der Waals surface area contributed by atoms with Crippen molar-refractivity contribution in [2.45, 2.75) is 51.1 Å². The zero-order valence-corrected chi connectivity index (χ0v) is 22.7. The number of allylic oxidation sites excluding steroid dienone is 2. The smallest absolute Gasteiger partial charge is 0.314 e. The van der Waals surface area contributed by atoms with E-state index in [1.165, 1.54) is 23.2 Å². The molecule has 1 unspecified atom stereocenters. The van der Waals surface area contributed by atoms with Gasteiger partial charge in [0.05, 0.1) is 19.1 Å². The van der Waals surface area contributed by atoms with Crippen LogP contribution in [-0.4, -0.2) is 47.4 Å². The van der Waals surface area contributed by atoms with Crippen molar-refractivity contribution >= 4 is 23.6 Å². The van der Waals surface area contributed by atoms with Crippen molar-refractivity contribution in [2.75, 3.05) is 24.8 Å². The second kappa shape index (κ2) is 10.3. The summed E-state index contributed by atoms with van der Waals surface area (Å²) in [4.78, 5) is 42.6. The predicted molar refractivity (Wildman–Crippen MR) is 145 cm³/mol. The van der Waals surface area contributed by atoms with Gasteiger partial charge in [0.1, 0.15) is 18.0 Å². The second-order valence-corrected chi connectivity index (χ2v) is 11.3. The van der Waals surface area contributed by atoms with Crippen LogP contribution in [-0.2, 0) is 15.3 Å². The van der Waals surface area contributed by atoms with E-state index in [9.17, 15) is 14.4 Å². The minimum atomic E-state index is -0.607. The molecule has 2 aromatic rings. The summed E-state index contributed by atoms with van der Waals surface area (Å²) in [5.41, 5.74) is 1.77. The molecule has 4 aliphatic rings. The number of ether oxygens (including phenoxy) is 2. The van der Waals surface area contributed by atoms with Crippen LogP contribution >= 0.6 is 11.8 Å². The third kappa shape index (κ3) is 4.30. The molecule has 6 rings (SSSR count). The quantitative estimate of drug-likeness (QED) is 0.525. The fraction of sp³-hybridized carbons (Fsp3) is 0.414. The molecule has 0 saturated carbocycles. The molecule has 0 radical (unpaired) electrons. The number of hydrogen-bond acceptors (Lipinski definition) is 7. The maximum atomic E-state index is 15.8. The second-order valence-electron chi connectivity index (χ2n) is 10.2. The summed E-state index contributed by atoms with van der Waals surface area (Å²) in [7, 11) is 0. The molecule has 4 heterocycles. The molecule has 1 fully saturated rings. The first-order chi connectivity index (χ1) is 18.9. The van der Waals surface area contributed by atoms with Crippen molar-refractivity contribution in [2.24, 2.45) is 5.92 Å². The maximum Gasteiger partial charge on any atom is 0.314 e. The summed E-state index contributed by atoms with van der Waals surface area (Å²) in [5, 5.41) is 1.93. The molecule has 1 aromatic carbocycles. The van der Waals surface area contributed by atoms with E-state index in [-0.39, 0.29) is 30.4 Å². The van der Waals surface area contributed by atoms with Gasteiger partial charge >= 0.3 is 5.97 Å². The number of thioether (sulfide) groups is 1. The Morgan fingerprint density at radius 1 is 1.28 bits per heavy atom. The number of benzene rings is 1. The number of carbonyl (C=O) groups is 2. The predicted octanol–water partition coefficient (Wildman–Crippen LogP) is 4.28. The number of amides is 1. The highest BCUT2D eigenvalue weighted by molar-refractivity contribution is 8.02. The highest BCUT2D eigenvalue weighted by Gasteiger charge is 2.47. The lowest BCUT2D eigenvalue weighted by Gasteiger charge is -2.51. The third-order valence-corrected chi connectivity index (χ3v) is 9.15. The van der Waals surface area contributed by atoms with Crippen molar-refractivity contribution in [3.8, 4) is 5.75 Å². The summed E-state index contributed by atoms with van der Waals surface area (Å²) in [5.74, 6) is -1.45. The van der Waals surface area contributed by atoms with Crippen molar-refractivity contribution < 1.29 is 23.5 Å². The van der Waals surface area contributed by atoms with E-state index in [2.05, 4.69) is 12.2 Å². The number of nitrogens with zero attached hydrogens (tertiary/aromatic N) is 3. The average molecular weight is 552 g/mol. The molecule has 8 nitrogen and oxygen atoms in total. The number of aromatic nitrogens is 1. The van der Waals surface area contributed by atoms with Gasteiger partial charge in [0.25, 0.3) is 5.91 Å². The Bertz CT molecular complexity index is 1470. The Hall–Kier alpha value is -3.37. The highest BCUT2D eigenvalue weighted by atomic mass is 32.2. The van der Waals surface area contributed by atoms with Crippen LogP contribution in [0.2, 0.25) is 0 Å². The van der Waals surface area contributed by atoms with Crippen LogP contribution in [0.5, 0.6) is 5.75 Å². The molecular formula is C29H30FN3O5S. The van der Waals surface area contributed by atoms with Crippen LogP contribution in [0.1, 0.15) is 60.8 Å². The van der Waals surface area contributed by atoms with Crippen LogP contribution in [0.4, 0.5) is 4.39 Å². The fourth-order valence-electron chi connectivity index (χ4n) is 5.66. The van der Waals surface area contributed by atoms with Gasteiger partial charge in [-0.25, -0.2) is 4.39 Å². The summed E-state index contributed by atoms with van der Waals surface area (Å²) in [6.45, 7) is 4.39. The Labute approximate surface area is 230 Å². The number of hydrogen-bond donors (Lipinski definition) is 0. The monoisotopic (exact) mass is 551 g/mol. The van der Waals surface area contributed by atoms with Crippen LogP contribution < -0.4 is 15.2 Å². The van der Waals surface area contributed by atoms with Crippen LogP contribution in [0.3, 0.4) is 0 Å². The lowest BCUT2D eigenvalue weighted by Crippen LogP contribution is -2.66. The number of carbonyl (C=O) groups excluding carboxylic acids is 2. The number of rotatable bonds is 4. The summed E-state index contributed by atoms with van der Waals surface area (Å²) in [6.07, 6.45) is 7.36. The highest BCUT2D eigenvalue weighted by Crippen LogP contribution is 2.47. The zero-order valence-electron chi connectivity index (χ0n) is 21.9. The molecule has 39 heavy (non-hydrogen) atoms. The maximum absolute atomic E-state index is 15.8. The summed E-state index contributed by atoms with van der Waals surface area (Å²) >= 11 is 1.71. The summed E-state index contributed by atoms with van der Waals surface area (Å²) in [6, 6.07) is 5.81. The van der Waals surface area contributed by atoms with E-state index >= 15 is 4.39 Å². The molecule has 204 valence electrons. The Balaban J connectivity index is 1.61. The lowest BCUT2D eigenvalue weighted by atomic mass is 9.90. The Morgan fingerprint density at radius 3 is 2.95 bits per heavy atom. The number of fused-ring (bicyclic) bond motifs is 3. The molecule has 0 N–H and O–H groups in total. The van der Waals surface area contributed by atoms with E-state index in [4.69, 9.17) is 9.47 Å². The minimum absolute atomic E-state index is 0.0333. The van der Waals surface area contributed by atoms with E-state index in [0.29, 0.717) is 24.3 Å². The molecule has 1 aliphatic carbocycles. The zero-order chi connectivity index (χ0) is 27.3. The Morgan fingerprint density at radius 2 is 2.13 bits per heavy atom. The fourth-order valence-corrected chi connectivity index (χ4v) is 6.85. The van der Waals surface area contributed by atoms with E-state index in [1.807, 2.05) is 18.0 Å². The van der Waals surface area contributed by atoms with Gasteiger partial charge in [0, 0.05) is 30.1 Å². The van der Waals surface area contributed by atoms with Crippen LogP contribution in [0.25, 0.3) is 0 Å². The van der Waals surface area contributed by atoms with E-state index in [1.54, 1.807) is 34.3 Å². The van der Waals surface area contributed by atoms with E-state index < -0.39 is 35.4 Å². The van der Waals surface area contributed by atoms with Crippen LogP contribution in [0.15, 0.2) is 57.9 Å². The molecule has 0 bridgehead atoms. The van der Waals surface area contributed by atoms with Crippen LogP contribution in [0, 0.1) is 11.7 Å². The molecule has 1 aromatic heterocycles. The first kappa shape index (κ1) is 25.9. The number of esters is 1. The normalized spacial score (nSPS) is 22.9. The van der Waals surface area contributed by atoms with E-state index in [0.717, 1.165) is 24.0 Å². The van der Waals surface area contributed by atoms with Gasteiger partial charge in [0.15, 0.2) is 5.69 Å². The topological polar surface area (TPSA) is 81.1 Å². The first-order valence-corrected chi connectivity index (χ1v) is 14.3. The standard InChI is InChI=1S/C29H30FN3O5S/c1-3-17(2)29(36)38-27-21(34)11-12-32-26(27)28(35)31-13-14-37-15-23(31)33(32)25-19-8-4-5-10-22(19)39-16-18-7-6-9-20(30)24(18)25/h4,6-9,11-12,17,23,25H,3,5,10,13-16H2,1-2H3/t17?,23-,25-/m1/s1. The minimum Gasteiger partial charge on any atom is -0.420 e. The first-order valence-electron chi connectivity index (χ1n) is 13.3. The van der Waals surface area contributed by atoms with Crippen molar-refractivity contribution in [3.63, 3.8) is 0 Å². The van der Waals surface area contributed by atoms with Gasteiger partial charge < -0.3 is 14.4 Å². The molecule has 0 spiro atoms. The number of halogens is 1. The number of morpholine rings is 1. The van der Waals surface area contributed by atoms with Gasteiger partial charge in [-0.1, -0.05) is 38.1 Å². The van der Waals surface area contributed by atoms with Crippen molar-refractivity contribution in [3.05, 3.63) is 86.0 Å². The molecular weight excluding hydrogens is 521 g/mol. The van der Waals surface area contributed by atoms with Crippen molar-refractivity contribution in [1.82, 2.24) is 9.58 Å². The average Bonchev–Trinajstić information content (AvgIpc) is 3.12. The van der Waals surface area contributed by atoms with Gasteiger partial charge in [-0.15, -0.1) is 11.8 Å². The summed E-state index contributed by atoms with van der Waals surface area (Å²) < 4.78 is 28.9. The Kier molecular flexibility index (Phi) is 6.84. The largest absolute Gasteiger partial charge is 0.420 e. The van der Waals surface area contributed by atoms with Gasteiger partial charge in [-0.05, 0) is 41.4 Å². The SMILES string of the molecule is CCC(C)C(=O)Oc1c2n(ccc1=O)N([C@@H]1C3=C(CCC=C3)SCc3cccc(F)c31)[C@@H]1COCCN1C2=O. The molecule has 1 saturated heterocycles. The van der Waals surface area contributed by atoms with Crippen molar-refractivity contribution in [1.29, 1.82) is 0 Å².